The van der Waals surface area contributed by atoms with Gasteiger partial charge in [0.05, 0.1) is 6.54 Å². The Labute approximate surface area is 68.1 Å². The number of fused-ring (bicyclic) bond motifs is 1. The van der Waals surface area contributed by atoms with Crippen molar-refractivity contribution in [3.63, 3.8) is 0 Å². The van der Waals surface area contributed by atoms with Crippen molar-refractivity contribution in [3.8, 4) is 0 Å². The number of hydrazone groups is 1. The van der Waals surface area contributed by atoms with Crippen LogP contribution < -0.4 is 10.7 Å². The van der Waals surface area contributed by atoms with Gasteiger partial charge >= 0.3 is 0 Å². The highest BCUT2D eigenvalue weighted by Gasteiger charge is 2.24. The molecule has 58 valence electrons. The van der Waals surface area contributed by atoms with E-state index in [4.69, 9.17) is 0 Å². The lowest BCUT2D eigenvalue weighted by Gasteiger charge is -2.26. The Morgan fingerprint density at radius 2 is 2.64 bits per heavy atom. The monoisotopic (exact) mass is 169 g/mol. The highest BCUT2D eigenvalue weighted by molar-refractivity contribution is 8.17. The van der Waals surface area contributed by atoms with Crippen LogP contribution in [0.25, 0.3) is 0 Å². The van der Waals surface area contributed by atoms with Gasteiger partial charge in [-0.3, -0.25) is 15.5 Å². The van der Waals surface area contributed by atoms with Crippen molar-refractivity contribution >= 4 is 23.1 Å². The highest BCUT2D eigenvalue weighted by Crippen LogP contribution is 2.23. The molecule has 2 heterocycles. The Balaban J connectivity index is 2.18. The van der Waals surface area contributed by atoms with Crippen LogP contribution in [-0.4, -0.2) is 24.0 Å². The minimum atomic E-state index is 0.0442. The SMILES string of the molecule is O=C1CNC2NN=CC=C2S1. The fraction of sp³-hybridized carbons (Fsp3) is 0.333. The molecule has 11 heavy (non-hydrogen) atoms. The summed E-state index contributed by atoms with van der Waals surface area (Å²) in [5, 5.41) is 7.01. The van der Waals surface area contributed by atoms with Crippen LogP contribution >= 0.6 is 11.8 Å². The van der Waals surface area contributed by atoms with Crippen molar-refractivity contribution in [3.05, 3.63) is 11.0 Å². The summed E-state index contributed by atoms with van der Waals surface area (Å²) in [6.45, 7) is 0.412. The smallest absolute Gasteiger partial charge is 0.207 e. The predicted molar refractivity (Wildman–Crippen MR) is 44.1 cm³/mol. The first-order valence-electron chi connectivity index (χ1n) is 3.29. The normalized spacial score (nSPS) is 28.9. The van der Waals surface area contributed by atoms with Crippen LogP contribution in [0.3, 0.4) is 0 Å². The Bertz CT molecular complexity index is 248. The Hall–Kier alpha value is -0.810. The molecule has 0 aromatic rings. The predicted octanol–water partition coefficient (Wildman–Crippen LogP) is -0.352. The molecule has 0 amide bonds. The second kappa shape index (κ2) is 2.67. The standard InChI is InChI=1S/C6H7N3OS/c10-5-3-7-6-4(11-5)1-2-8-9-6/h1-2,6-7,9H,3H2. The second-order valence-corrected chi connectivity index (χ2v) is 3.40. The van der Waals surface area contributed by atoms with E-state index < -0.39 is 0 Å². The van der Waals surface area contributed by atoms with Crippen LogP contribution in [0.1, 0.15) is 0 Å². The quantitative estimate of drug-likeness (QED) is 0.520. The van der Waals surface area contributed by atoms with Crippen molar-refractivity contribution in [1.29, 1.82) is 0 Å². The molecule has 1 fully saturated rings. The zero-order valence-electron chi connectivity index (χ0n) is 5.70. The minimum absolute atomic E-state index is 0.0442. The average Bonchev–Trinajstić information content (AvgIpc) is 2.04. The van der Waals surface area contributed by atoms with Gasteiger partial charge in [-0.2, -0.15) is 5.10 Å². The molecule has 1 atom stereocenters. The van der Waals surface area contributed by atoms with Gasteiger partial charge in [0.1, 0.15) is 6.17 Å². The molecule has 0 spiro atoms. The van der Waals surface area contributed by atoms with Crippen molar-refractivity contribution < 1.29 is 4.79 Å². The number of hydrogen-bond donors (Lipinski definition) is 2. The van der Waals surface area contributed by atoms with Gasteiger partial charge in [0.15, 0.2) is 0 Å². The van der Waals surface area contributed by atoms with Crippen molar-refractivity contribution in [2.45, 2.75) is 6.17 Å². The molecule has 2 N–H and O–H groups in total. The second-order valence-electron chi connectivity index (χ2n) is 2.26. The van der Waals surface area contributed by atoms with Gasteiger partial charge in [-0.05, 0) is 6.08 Å². The van der Waals surface area contributed by atoms with E-state index in [9.17, 15) is 4.79 Å². The molecule has 2 aliphatic rings. The van der Waals surface area contributed by atoms with E-state index in [1.54, 1.807) is 6.21 Å². The largest absolute Gasteiger partial charge is 0.288 e. The van der Waals surface area contributed by atoms with Crippen LogP contribution in [0, 0.1) is 0 Å². The molecule has 0 aromatic heterocycles. The topological polar surface area (TPSA) is 53.5 Å². The van der Waals surface area contributed by atoms with Gasteiger partial charge in [-0.25, -0.2) is 0 Å². The molecule has 1 unspecified atom stereocenters. The Morgan fingerprint density at radius 3 is 3.55 bits per heavy atom. The summed E-state index contributed by atoms with van der Waals surface area (Å²) in [4.78, 5) is 11.9. The van der Waals surface area contributed by atoms with Crippen molar-refractivity contribution in [1.82, 2.24) is 10.7 Å². The van der Waals surface area contributed by atoms with Crippen molar-refractivity contribution in [2.75, 3.05) is 6.54 Å². The Morgan fingerprint density at radius 1 is 1.73 bits per heavy atom. The van der Waals surface area contributed by atoms with Gasteiger partial charge < -0.3 is 0 Å². The van der Waals surface area contributed by atoms with Gasteiger partial charge in [-0.1, -0.05) is 11.8 Å². The van der Waals surface area contributed by atoms with Gasteiger partial charge in [-0.15, -0.1) is 0 Å². The number of carbonyl (C=O) groups excluding carboxylic acids is 1. The van der Waals surface area contributed by atoms with Crippen LogP contribution in [0.2, 0.25) is 0 Å². The van der Waals surface area contributed by atoms with Crippen molar-refractivity contribution in [2.24, 2.45) is 5.10 Å². The number of allylic oxidation sites excluding steroid dienone is 1. The van der Waals surface area contributed by atoms with E-state index in [0.29, 0.717) is 6.54 Å². The maximum atomic E-state index is 10.9. The molecule has 4 nitrogen and oxygen atoms in total. The summed E-state index contributed by atoms with van der Waals surface area (Å²) < 4.78 is 0. The summed E-state index contributed by atoms with van der Waals surface area (Å²) in [7, 11) is 0. The van der Waals surface area contributed by atoms with Crippen LogP contribution in [0.5, 0.6) is 0 Å². The third-order valence-corrected chi connectivity index (χ3v) is 2.46. The number of nitrogens with zero attached hydrogens (tertiary/aromatic N) is 1. The summed E-state index contributed by atoms with van der Waals surface area (Å²) in [6.07, 6.45) is 3.54. The fourth-order valence-corrected chi connectivity index (χ4v) is 1.78. The first kappa shape index (κ1) is 6.87. The third-order valence-electron chi connectivity index (χ3n) is 1.48. The zero-order chi connectivity index (χ0) is 7.68. The van der Waals surface area contributed by atoms with E-state index in [2.05, 4.69) is 15.8 Å². The molecule has 0 aliphatic carbocycles. The summed E-state index contributed by atoms with van der Waals surface area (Å²) in [5.41, 5.74) is 2.86. The molecule has 5 heteroatoms. The maximum Gasteiger partial charge on any atom is 0.207 e. The lowest BCUT2D eigenvalue weighted by atomic mass is 10.4. The number of carbonyl (C=O) groups is 1. The number of hydrogen-bond acceptors (Lipinski definition) is 5. The van der Waals surface area contributed by atoms with Gasteiger partial charge in [0.25, 0.3) is 0 Å². The summed E-state index contributed by atoms with van der Waals surface area (Å²) in [6, 6.07) is 0. The van der Waals surface area contributed by atoms with E-state index in [0.717, 1.165) is 4.91 Å². The van der Waals surface area contributed by atoms with Gasteiger partial charge in [0.2, 0.25) is 5.12 Å². The number of thioether (sulfide) groups is 1. The number of nitrogens with one attached hydrogen (secondary N) is 2. The Kier molecular flexibility index (Phi) is 1.67. The van der Waals surface area contributed by atoms with Gasteiger partial charge in [0, 0.05) is 11.1 Å². The molecule has 0 radical (unpaired) electrons. The van der Waals surface area contributed by atoms with Crippen LogP contribution in [0.15, 0.2) is 16.1 Å². The zero-order valence-corrected chi connectivity index (χ0v) is 6.52. The van der Waals surface area contributed by atoms with E-state index in [-0.39, 0.29) is 11.3 Å². The first-order valence-corrected chi connectivity index (χ1v) is 4.11. The number of rotatable bonds is 0. The van der Waals surface area contributed by atoms with E-state index in [1.807, 2.05) is 6.08 Å². The lowest BCUT2D eigenvalue weighted by molar-refractivity contribution is -0.110. The molecular formula is C6H7N3OS. The molecule has 0 aromatic carbocycles. The van der Waals surface area contributed by atoms with Crippen LogP contribution in [-0.2, 0) is 4.79 Å². The average molecular weight is 169 g/mol. The third kappa shape index (κ3) is 1.29. The summed E-state index contributed by atoms with van der Waals surface area (Å²) >= 11 is 1.28. The molecule has 0 bridgehead atoms. The molecular weight excluding hydrogens is 162 g/mol. The molecule has 2 aliphatic heterocycles. The first-order chi connectivity index (χ1) is 5.36. The molecule has 2 rings (SSSR count). The molecule has 1 saturated heterocycles. The molecule has 0 saturated carbocycles. The minimum Gasteiger partial charge on any atom is -0.288 e. The van der Waals surface area contributed by atoms with E-state index in [1.165, 1.54) is 11.8 Å². The maximum absolute atomic E-state index is 10.9. The van der Waals surface area contributed by atoms with E-state index >= 15 is 0 Å². The lowest BCUT2D eigenvalue weighted by Crippen LogP contribution is -2.47. The summed E-state index contributed by atoms with van der Waals surface area (Å²) in [5.74, 6) is 0. The highest BCUT2D eigenvalue weighted by atomic mass is 32.2. The van der Waals surface area contributed by atoms with Crippen LogP contribution in [0.4, 0.5) is 0 Å². The fourth-order valence-electron chi connectivity index (χ4n) is 0.980.